The fourth-order valence-electron chi connectivity index (χ4n) is 1.97. The van der Waals surface area contributed by atoms with E-state index >= 15 is 0 Å². The molecular formula is C15H24N2O3S. The zero-order chi connectivity index (χ0) is 15.9. The summed E-state index contributed by atoms with van der Waals surface area (Å²) >= 11 is 0. The number of rotatable bonds is 8. The van der Waals surface area contributed by atoms with Crippen LogP contribution in [0.4, 0.5) is 0 Å². The van der Waals surface area contributed by atoms with Crippen molar-refractivity contribution in [3.8, 4) is 0 Å². The zero-order valence-electron chi connectivity index (χ0n) is 12.9. The normalized spacial score (nSPS) is 11.6. The second-order valence-electron chi connectivity index (χ2n) is 5.17. The SMILES string of the molecule is CCCN(CCNC(=O)Cc1ccc(C)cc1)S(C)(=O)=O. The monoisotopic (exact) mass is 312 g/mol. The molecule has 0 aliphatic heterocycles. The van der Waals surface area contributed by atoms with E-state index in [0.717, 1.165) is 17.5 Å². The van der Waals surface area contributed by atoms with E-state index in [4.69, 9.17) is 0 Å². The third-order valence-corrected chi connectivity index (χ3v) is 4.41. The molecule has 0 radical (unpaired) electrons. The van der Waals surface area contributed by atoms with Crippen LogP contribution in [-0.2, 0) is 21.2 Å². The Morgan fingerprint density at radius 1 is 1.19 bits per heavy atom. The highest BCUT2D eigenvalue weighted by Crippen LogP contribution is 2.04. The quantitative estimate of drug-likeness (QED) is 0.787. The number of hydrogen-bond acceptors (Lipinski definition) is 3. The van der Waals surface area contributed by atoms with Gasteiger partial charge < -0.3 is 5.32 Å². The van der Waals surface area contributed by atoms with Gasteiger partial charge in [0, 0.05) is 19.6 Å². The van der Waals surface area contributed by atoms with Gasteiger partial charge in [-0.3, -0.25) is 4.79 Å². The Hall–Kier alpha value is -1.40. The molecule has 1 N–H and O–H groups in total. The van der Waals surface area contributed by atoms with Crippen molar-refractivity contribution in [2.24, 2.45) is 0 Å². The lowest BCUT2D eigenvalue weighted by molar-refractivity contribution is -0.120. The maximum Gasteiger partial charge on any atom is 0.224 e. The van der Waals surface area contributed by atoms with Gasteiger partial charge in [-0.1, -0.05) is 36.8 Å². The molecule has 0 aliphatic carbocycles. The summed E-state index contributed by atoms with van der Waals surface area (Å²) in [6, 6.07) is 7.79. The number of amides is 1. The average Bonchev–Trinajstić information content (AvgIpc) is 2.39. The number of carbonyl (C=O) groups excluding carboxylic acids is 1. The lowest BCUT2D eigenvalue weighted by atomic mass is 10.1. The highest BCUT2D eigenvalue weighted by molar-refractivity contribution is 7.88. The average molecular weight is 312 g/mol. The molecule has 1 amide bonds. The van der Waals surface area contributed by atoms with Crippen LogP contribution in [0.25, 0.3) is 0 Å². The van der Waals surface area contributed by atoms with Gasteiger partial charge in [0.1, 0.15) is 0 Å². The van der Waals surface area contributed by atoms with Gasteiger partial charge >= 0.3 is 0 Å². The number of benzene rings is 1. The topological polar surface area (TPSA) is 66.5 Å². The minimum absolute atomic E-state index is 0.0937. The minimum atomic E-state index is -3.21. The van der Waals surface area contributed by atoms with Crippen molar-refractivity contribution in [3.05, 3.63) is 35.4 Å². The predicted molar refractivity (Wildman–Crippen MR) is 84.6 cm³/mol. The molecular weight excluding hydrogens is 288 g/mol. The first kappa shape index (κ1) is 17.7. The van der Waals surface area contributed by atoms with Gasteiger partial charge in [-0.2, -0.15) is 0 Å². The van der Waals surface area contributed by atoms with E-state index in [1.807, 2.05) is 38.1 Å². The molecule has 1 rings (SSSR count). The Labute approximate surface area is 127 Å². The number of nitrogens with one attached hydrogen (secondary N) is 1. The molecule has 1 aromatic carbocycles. The molecule has 0 unspecified atom stereocenters. The van der Waals surface area contributed by atoms with Crippen molar-refractivity contribution in [1.29, 1.82) is 0 Å². The molecule has 0 fully saturated rings. The van der Waals surface area contributed by atoms with Crippen LogP contribution in [0.5, 0.6) is 0 Å². The maximum atomic E-state index is 11.8. The van der Waals surface area contributed by atoms with Crippen molar-refractivity contribution >= 4 is 15.9 Å². The zero-order valence-corrected chi connectivity index (χ0v) is 13.7. The second kappa shape index (κ2) is 8.14. The van der Waals surface area contributed by atoms with Gasteiger partial charge in [-0.25, -0.2) is 12.7 Å². The summed E-state index contributed by atoms with van der Waals surface area (Å²) in [4.78, 5) is 11.8. The first-order valence-electron chi connectivity index (χ1n) is 7.10. The first-order chi connectivity index (χ1) is 9.82. The highest BCUT2D eigenvalue weighted by atomic mass is 32.2. The van der Waals surface area contributed by atoms with Crippen molar-refractivity contribution in [2.75, 3.05) is 25.9 Å². The molecule has 21 heavy (non-hydrogen) atoms. The summed E-state index contributed by atoms with van der Waals surface area (Å²) in [6.45, 7) is 5.04. The molecule has 0 saturated carbocycles. The number of nitrogens with zero attached hydrogens (tertiary/aromatic N) is 1. The smallest absolute Gasteiger partial charge is 0.224 e. The van der Waals surface area contributed by atoms with Crippen molar-refractivity contribution in [1.82, 2.24) is 9.62 Å². The van der Waals surface area contributed by atoms with Crippen LogP contribution < -0.4 is 5.32 Å². The Balaban J connectivity index is 2.40. The largest absolute Gasteiger partial charge is 0.354 e. The van der Waals surface area contributed by atoms with Gasteiger partial charge in [-0.05, 0) is 18.9 Å². The van der Waals surface area contributed by atoms with Crippen LogP contribution >= 0.6 is 0 Å². The molecule has 6 heteroatoms. The molecule has 0 bridgehead atoms. The van der Waals surface area contributed by atoms with E-state index in [0.29, 0.717) is 26.1 Å². The summed E-state index contributed by atoms with van der Waals surface area (Å²) in [6.07, 6.45) is 2.26. The molecule has 0 aliphatic rings. The Bertz CT molecular complexity index is 553. The Morgan fingerprint density at radius 3 is 2.33 bits per heavy atom. The van der Waals surface area contributed by atoms with Gasteiger partial charge in [0.2, 0.25) is 15.9 Å². The van der Waals surface area contributed by atoms with Gasteiger partial charge in [0.05, 0.1) is 12.7 Å². The molecule has 0 heterocycles. The molecule has 0 spiro atoms. The van der Waals surface area contributed by atoms with Crippen molar-refractivity contribution in [2.45, 2.75) is 26.7 Å². The minimum Gasteiger partial charge on any atom is -0.354 e. The second-order valence-corrected chi connectivity index (χ2v) is 7.16. The third-order valence-electron chi connectivity index (χ3n) is 3.11. The van der Waals surface area contributed by atoms with Crippen molar-refractivity contribution in [3.63, 3.8) is 0 Å². The summed E-state index contributed by atoms with van der Waals surface area (Å²) in [5.41, 5.74) is 2.11. The number of sulfonamides is 1. The lowest BCUT2D eigenvalue weighted by Gasteiger charge is -2.19. The van der Waals surface area contributed by atoms with Crippen LogP contribution in [0.1, 0.15) is 24.5 Å². The van der Waals surface area contributed by atoms with Crippen LogP contribution in [0, 0.1) is 6.92 Å². The van der Waals surface area contributed by atoms with E-state index in [9.17, 15) is 13.2 Å². The molecule has 0 saturated heterocycles. The summed E-state index contributed by atoms with van der Waals surface area (Å²) in [5.74, 6) is -0.0937. The van der Waals surface area contributed by atoms with E-state index < -0.39 is 10.0 Å². The molecule has 5 nitrogen and oxygen atoms in total. The molecule has 0 aromatic heterocycles. The predicted octanol–water partition coefficient (Wildman–Crippen LogP) is 1.33. The first-order valence-corrected chi connectivity index (χ1v) is 8.95. The van der Waals surface area contributed by atoms with Crippen LogP contribution in [0.3, 0.4) is 0 Å². The summed E-state index contributed by atoms with van der Waals surface area (Å²) in [7, 11) is -3.21. The fraction of sp³-hybridized carbons (Fsp3) is 0.533. The number of hydrogen-bond donors (Lipinski definition) is 1. The van der Waals surface area contributed by atoms with E-state index in [1.165, 1.54) is 10.6 Å². The summed E-state index contributed by atoms with van der Waals surface area (Å²) < 4.78 is 24.5. The van der Waals surface area contributed by atoms with E-state index in [-0.39, 0.29) is 5.91 Å². The third kappa shape index (κ3) is 6.73. The highest BCUT2D eigenvalue weighted by Gasteiger charge is 2.15. The van der Waals surface area contributed by atoms with E-state index in [1.54, 1.807) is 0 Å². The number of aryl methyl sites for hydroxylation is 1. The van der Waals surface area contributed by atoms with Crippen LogP contribution in [0.2, 0.25) is 0 Å². The maximum absolute atomic E-state index is 11.8. The van der Waals surface area contributed by atoms with Gasteiger partial charge in [-0.15, -0.1) is 0 Å². The van der Waals surface area contributed by atoms with Crippen LogP contribution in [-0.4, -0.2) is 44.5 Å². The lowest BCUT2D eigenvalue weighted by Crippen LogP contribution is -2.38. The van der Waals surface area contributed by atoms with Crippen molar-refractivity contribution < 1.29 is 13.2 Å². The van der Waals surface area contributed by atoms with Crippen LogP contribution in [0.15, 0.2) is 24.3 Å². The Kier molecular flexibility index (Phi) is 6.84. The standard InChI is InChI=1S/C15H24N2O3S/c1-4-10-17(21(3,19)20)11-9-16-15(18)12-14-7-5-13(2)6-8-14/h5-8H,4,9-12H2,1-3H3,(H,16,18). The van der Waals surface area contributed by atoms with Gasteiger partial charge in [0.25, 0.3) is 0 Å². The van der Waals surface area contributed by atoms with Gasteiger partial charge in [0.15, 0.2) is 0 Å². The van der Waals surface area contributed by atoms with E-state index in [2.05, 4.69) is 5.32 Å². The molecule has 0 atom stereocenters. The number of carbonyl (C=O) groups is 1. The fourth-order valence-corrected chi connectivity index (χ4v) is 2.90. The molecule has 118 valence electrons. The molecule has 1 aromatic rings. The summed E-state index contributed by atoms with van der Waals surface area (Å²) in [5, 5.41) is 2.76. The Morgan fingerprint density at radius 2 is 1.81 bits per heavy atom.